The Morgan fingerprint density at radius 2 is 1.77 bits per heavy atom. The Morgan fingerprint density at radius 1 is 1.07 bits per heavy atom. The lowest BCUT2D eigenvalue weighted by atomic mass is 10.1. The van der Waals surface area contributed by atoms with Gasteiger partial charge in [0.05, 0.1) is 0 Å². The minimum absolute atomic E-state index is 0.00224. The molecule has 1 amide bonds. The molecule has 156 valence electrons. The van der Waals surface area contributed by atoms with Gasteiger partial charge in [-0.05, 0) is 42.0 Å². The second-order valence-electron chi connectivity index (χ2n) is 6.91. The van der Waals surface area contributed by atoms with Crippen molar-refractivity contribution in [2.75, 3.05) is 37.7 Å². The number of halogens is 2. The summed E-state index contributed by atoms with van der Waals surface area (Å²) in [6.45, 7) is 2.60. The Balaban J connectivity index is 1.26. The van der Waals surface area contributed by atoms with Crippen LogP contribution in [0.15, 0.2) is 48.5 Å². The fourth-order valence-corrected chi connectivity index (χ4v) is 4.01. The van der Waals surface area contributed by atoms with Crippen LogP contribution in [0.25, 0.3) is 0 Å². The van der Waals surface area contributed by atoms with Crippen LogP contribution in [-0.4, -0.2) is 53.0 Å². The minimum atomic E-state index is -0.253. The Labute approximate surface area is 183 Å². The number of anilines is 1. The second-order valence-corrected chi connectivity index (χ2v) is 8.07. The zero-order valence-electron chi connectivity index (χ0n) is 16.1. The molecule has 30 heavy (non-hydrogen) atoms. The molecule has 1 aromatic heterocycles. The lowest BCUT2D eigenvalue weighted by molar-refractivity contribution is -0.133. The van der Waals surface area contributed by atoms with Crippen molar-refractivity contribution in [2.45, 2.75) is 6.42 Å². The minimum Gasteiger partial charge on any atom is -0.484 e. The van der Waals surface area contributed by atoms with Gasteiger partial charge in [-0.15, -0.1) is 0 Å². The molecule has 0 spiro atoms. The van der Waals surface area contributed by atoms with Crippen LogP contribution in [0.2, 0.25) is 5.02 Å². The van der Waals surface area contributed by atoms with Gasteiger partial charge < -0.3 is 14.5 Å². The van der Waals surface area contributed by atoms with Gasteiger partial charge in [-0.25, -0.2) is 9.37 Å². The molecule has 9 heteroatoms. The number of ether oxygens (including phenoxy) is 1. The van der Waals surface area contributed by atoms with Crippen molar-refractivity contribution < 1.29 is 13.9 Å². The van der Waals surface area contributed by atoms with Crippen molar-refractivity contribution in [1.29, 1.82) is 0 Å². The van der Waals surface area contributed by atoms with Crippen LogP contribution in [0.3, 0.4) is 0 Å². The number of carbonyl (C=O) groups is 1. The normalized spacial score (nSPS) is 14.1. The molecule has 0 aliphatic carbocycles. The Kier molecular flexibility index (Phi) is 6.44. The van der Waals surface area contributed by atoms with Gasteiger partial charge >= 0.3 is 0 Å². The fraction of sp³-hybridized carbons (Fsp3) is 0.286. The first-order chi connectivity index (χ1) is 14.6. The number of nitrogens with zero attached hydrogens (tertiary/aromatic N) is 4. The highest BCUT2D eigenvalue weighted by Crippen LogP contribution is 2.21. The van der Waals surface area contributed by atoms with Gasteiger partial charge in [-0.3, -0.25) is 4.79 Å². The Hall–Kier alpha value is -2.71. The van der Waals surface area contributed by atoms with Crippen LogP contribution in [0.5, 0.6) is 5.75 Å². The predicted molar refractivity (Wildman–Crippen MR) is 115 cm³/mol. The quantitative estimate of drug-likeness (QED) is 0.578. The summed E-state index contributed by atoms with van der Waals surface area (Å²) in [6.07, 6.45) is 0.567. The highest BCUT2D eigenvalue weighted by molar-refractivity contribution is 7.09. The van der Waals surface area contributed by atoms with E-state index in [0.29, 0.717) is 43.4 Å². The van der Waals surface area contributed by atoms with Crippen LogP contribution >= 0.6 is 23.1 Å². The van der Waals surface area contributed by atoms with Gasteiger partial charge in [0.2, 0.25) is 5.13 Å². The molecule has 0 atom stereocenters. The van der Waals surface area contributed by atoms with E-state index in [4.69, 9.17) is 16.3 Å². The summed E-state index contributed by atoms with van der Waals surface area (Å²) >= 11 is 7.20. The molecule has 3 aromatic rings. The van der Waals surface area contributed by atoms with E-state index in [2.05, 4.69) is 14.3 Å². The van der Waals surface area contributed by atoms with E-state index >= 15 is 0 Å². The van der Waals surface area contributed by atoms with Crippen molar-refractivity contribution in [3.8, 4) is 5.75 Å². The predicted octanol–water partition coefficient (Wildman–Crippen LogP) is 3.65. The van der Waals surface area contributed by atoms with Gasteiger partial charge in [0.25, 0.3) is 5.91 Å². The van der Waals surface area contributed by atoms with Gasteiger partial charge in [-0.1, -0.05) is 23.7 Å². The number of aromatic nitrogens is 2. The van der Waals surface area contributed by atoms with E-state index in [-0.39, 0.29) is 18.3 Å². The first kappa shape index (κ1) is 20.6. The molecule has 0 unspecified atom stereocenters. The van der Waals surface area contributed by atoms with E-state index in [1.54, 1.807) is 41.3 Å². The SMILES string of the molecule is O=C(COc1ccc(Cl)cc1)N1CCN(c2nc(Cc3ccc(F)cc3)ns2)CC1. The van der Waals surface area contributed by atoms with E-state index in [9.17, 15) is 9.18 Å². The highest BCUT2D eigenvalue weighted by atomic mass is 35.5. The zero-order valence-corrected chi connectivity index (χ0v) is 17.7. The standard InChI is InChI=1S/C21H20ClFN4O2S/c22-16-3-7-18(8-4-16)29-14-20(28)26-9-11-27(12-10-26)21-24-19(25-30-21)13-15-1-5-17(23)6-2-15/h1-8H,9-14H2. The fourth-order valence-electron chi connectivity index (χ4n) is 3.14. The summed E-state index contributed by atoms with van der Waals surface area (Å²) in [7, 11) is 0. The number of amides is 1. The molecule has 1 fully saturated rings. The summed E-state index contributed by atoms with van der Waals surface area (Å²) < 4.78 is 23.0. The molecule has 1 saturated heterocycles. The molecule has 0 radical (unpaired) electrons. The van der Waals surface area contributed by atoms with Crippen molar-refractivity contribution in [1.82, 2.24) is 14.3 Å². The summed E-state index contributed by atoms with van der Waals surface area (Å²) in [5.74, 6) is 1.04. The Morgan fingerprint density at radius 3 is 2.47 bits per heavy atom. The molecule has 4 rings (SSSR count). The number of piperazine rings is 1. The average Bonchev–Trinajstić information content (AvgIpc) is 3.23. The average molecular weight is 447 g/mol. The topological polar surface area (TPSA) is 58.6 Å². The lowest BCUT2D eigenvalue weighted by Gasteiger charge is -2.34. The smallest absolute Gasteiger partial charge is 0.260 e. The molecule has 1 aliphatic heterocycles. The number of benzene rings is 2. The van der Waals surface area contributed by atoms with Crippen LogP contribution in [0.4, 0.5) is 9.52 Å². The zero-order chi connectivity index (χ0) is 20.9. The van der Waals surface area contributed by atoms with Gasteiger partial charge in [0, 0.05) is 49.2 Å². The van der Waals surface area contributed by atoms with Gasteiger partial charge in [0.15, 0.2) is 6.61 Å². The summed E-state index contributed by atoms with van der Waals surface area (Å²) in [4.78, 5) is 21.0. The van der Waals surface area contributed by atoms with Crippen molar-refractivity contribution >= 4 is 34.2 Å². The van der Waals surface area contributed by atoms with E-state index < -0.39 is 0 Å². The van der Waals surface area contributed by atoms with E-state index in [1.165, 1.54) is 23.7 Å². The van der Waals surface area contributed by atoms with Crippen LogP contribution in [0, 0.1) is 5.82 Å². The summed E-state index contributed by atoms with van der Waals surface area (Å²) in [6, 6.07) is 13.3. The molecule has 6 nitrogen and oxygen atoms in total. The molecule has 2 aromatic carbocycles. The van der Waals surface area contributed by atoms with Gasteiger partial charge in [-0.2, -0.15) is 4.37 Å². The van der Waals surface area contributed by atoms with Crippen molar-refractivity contribution in [3.63, 3.8) is 0 Å². The highest BCUT2D eigenvalue weighted by Gasteiger charge is 2.23. The van der Waals surface area contributed by atoms with Gasteiger partial charge in [0.1, 0.15) is 17.4 Å². The Bertz CT molecular complexity index is 989. The van der Waals surface area contributed by atoms with E-state index in [1.807, 2.05) is 0 Å². The maximum Gasteiger partial charge on any atom is 0.260 e. The molecule has 0 saturated carbocycles. The third-order valence-corrected chi connectivity index (χ3v) is 5.88. The third-order valence-electron chi connectivity index (χ3n) is 4.81. The van der Waals surface area contributed by atoms with Crippen LogP contribution < -0.4 is 9.64 Å². The number of hydrogen-bond donors (Lipinski definition) is 0. The molecule has 1 aliphatic rings. The first-order valence-corrected chi connectivity index (χ1v) is 10.7. The van der Waals surface area contributed by atoms with Crippen molar-refractivity contribution in [3.05, 3.63) is 70.8 Å². The molecular weight excluding hydrogens is 427 g/mol. The largest absolute Gasteiger partial charge is 0.484 e. The molecular formula is C21H20ClFN4O2S. The summed E-state index contributed by atoms with van der Waals surface area (Å²) in [5, 5.41) is 1.47. The summed E-state index contributed by atoms with van der Waals surface area (Å²) in [5.41, 5.74) is 0.969. The van der Waals surface area contributed by atoms with Crippen LogP contribution in [0.1, 0.15) is 11.4 Å². The molecule has 0 bridgehead atoms. The first-order valence-electron chi connectivity index (χ1n) is 9.55. The lowest BCUT2D eigenvalue weighted by Crippen LogP contribution is -2.50. The van der Waals surface area contributed by atoms with Crippen LogP contribution in [-0.2, 0) is 11.2 Å². The maximum atomic E-state index is 13.0. The maximum absolute atomic E-state index is 13.0. The number of hydrogen-bond acceptors (Lipinski definition) is 6. The van der Waals surface area contributed by atoms with Crippen molar-refractivity contribution in [2.24, 2.45) is 0 Å². The molecule has 2 heterocycles. The van der Waals surface area contributed by atoms with E-state index in [0.717, 1.165) is 16.5 Å². The monoisotopic (exact) mass is 446 g/mol. The molecule has 0 N–H and O–H groups in total. The third kappa shape index (κ3) is 5.25. The number of carbonyl (C=O) groups excluding carboxylic acids is 1. The second kappa shape index (κ2) is 9.40. The number of rotatable bonds is 6.